The highest BCUT2D eigenvalue weighted by molar-refractivity contribution is 8.01. The van der Waals surface area contributed by atoms with Gasteiger partial charge in [0.05, 0.1) is 4.90 Å². The number of alkyl halides is 7. The summed E-state index contributed by atoms with van der Waals surface area (Å²) in [6.45, 7) is 1.42. The number of hydrogen-bond donors (Lipinski definition) is 3. The van der Waals surface area contributed by atoms with E-state index in [9.17, 15) is 48.3 Å². The van der Waals surface area contributed by atoms with E-state index in [0.717, 1.165) is 30.3 Å². The van der Waals surface area contributed by atoms with E-state index >= 15 is 0 Å². The van der Waals surface area contributed by atoms with Crippen LogP contribution in [-0.4, -0.2) is 32.7 Å². The number of aryl methyl sites for hydroxylation is 1. The fourth-order valence-electron chi connectivity index (χ4n) is 6.11. The normalized spacial score (nSPS) is 23.6. The lowest BCUT2D eigenvalue weighted by Gasteiger charge is -2.43. The summed E-state index contributed by atoms with van der Waals surface area (Å²) < 4.78 is 136. The number of carbonyl (C=O) groups excluding carboxylic acids is 1. The molecule has 1 saturated carbocycles. The Kier molecular flexibility index (Phi) is 8.17. The second kappa shape index (κ2) is 10.7. The molecule has 0 bridgehead atoms. The van der Waals surface area contributed by atoms with E-state index in [0.29, 0.717) is 24.1 Å². The van der Waals surface area contributed by atoms with Gasteiger partial charge in [-0.3, -0.25) is 9.93 Å². The third-order valence-corrected chi connectivity index (χ3v) is 11.3. The minimum absolute atomic E-state index is 0.0340. The van der Waals surface area contributed by atoms with Crippen LogP contribution >= 0.6 is 11.9 Å². The van der Waals surface area contributed by atoms with E-state index in [1.165, 1.54) is 6.92 Å². The number of benzene rings is 2. The van der Waals surface area contributed by atoms with Gasteiger partial charge in [0.2, 0.25) is 0 Å². The van der Waals surface area contributed by atoms with E-state index in [1.807, 2.05) is 0 Å². The van der Waals surface area contributed by atoms with Crippen LogP contribution < -0.4 is 16.2 Å². The van der Waals surface area contributed by atoms with Crippen molar-refractivity contribution in [1.29, 1.82) is 0 Å². The monoisotopic (exact) mass is 643 g/mol. The smallest absolute Gasteiger partial charge is 0.401 e. The molecule has 0 heterocycles. The number of allylic oxidation sites excluding steroid dienone is 1. The zero-order valence-electron chi connectivity index (χ0n) is 21.7. The molecule has 2 aliphatic rings. The van der Waals surface area contributed by atoms with Gasteiger partial charge in [-0.05, 0) is 79.9 Å². The first kappa shape index (κ1) is 32.1. The largest absolute Gasteiger partial charge is 0.435 e. The van der Waals surface area contributed by atoms with Crippen molar-refractivity contribution in [3.05, 3.63) is 75.6 Å². The molecule has 230 valence electrons. The van der Waals surface area contributed by atoms with Gasteiger partial charge in [0.15, 0.2) is 9.84 Å². The maximum atomic E-state index is 14.9. The predicted molar refractivity (Wildman–Crippen MR) is 138 cm³/mol. The molecule has 0 radical (unpaired) electrons. The highest BCUT2D eigenvalue weighted by Crippen LogP contribution is 2.59. The van der Waals surface area contributed by atoms with Gasteiger partial charge in [-0.2, -0.15) is 26.3 Å². The minimum atomic E-state index is -6.36. The third kappa shape index (κ3) is 4.84. The Morgan fingerprint density at radius 2 is 1.60 bits per heavy atom. The zero-order chi connectivity index (χ0) is 31.5. The second-order valence-electron chi connectivity index (χ2n) is 10.3. The van der Waals surface area contributed by atoms with Crippen molar-refractivity contribution in [2.75, 3.05) is 0 Å². The van der Waals surface area contributed by atoms with Crippen molar-refractivity contribution >= 4 is 27.7 Å². The Morgan fingerprint density at radius 1 is 1.00 bits per heavy atom. The number of nitrogens with two attached hydrogens (primary N) is 2. The average Bonchev–Trinajstić information content (AvgIpc) is 3.27. The van der Waals surface area contributed by atoms with Gasteiger partial charge in [-0.15, -0.1) is 0 Å². The predicted octanol–water partition coefficient (Wildman–Crippen LogP) is 5.42. The van der Waals surface area contributed by atoms with Crippen LogP contribution in [0.2, 0.25) is 0 Å². The first-order chi connectivity index (χ1) is 19.3. The number of carbonyl (C=O) groups is 1. The molecular weight excluding hydrogens is 618 g/mol. The summed E-state index contributed by atoms with van der Waals surface area (Å²) in [4.78, 5) is 12.5. The summed E-state index contributed by atoms with van der Waals surface area (Å²) in [5.41, 5.74) is -1.96. The molecule has 1 fully saturated rings. The molecule has 6 nitrogen and oxygen atoms in total. The molecule has 2 aliphatic carbocycles. The van der Waals surface area contributed by atoms with Crippen molar-refractivity contribution < 1.29 is 48.3 Å². The molecule has 16 heteroatoms. The Labute approximate surface area is 239 Å². The molecule has 42 heavy (non-hydrogen) atoms. The van der Waals surface area contributed by atoms with Crippen LogP contribution in [0.1, 0.15) is 42.9 Å². The van der Waals surface area contributed by atoms with E-state index in [4.69, 9.17) is 10.9 Å². The molecule has 0 aliphatic heterocycles. The first-order valence-electron chi connectivity index (χ1n) is 12.4. The third-order valence-electron chi connectivity index (χ3n) is 7.98. The number of fused-ring (bicyclic) bond motifs is 3. The quantitative estimate of drug-likeness (QED) is 0.168. The summed E-state index contributed by atoms with van der Waals surface area (Å²) >= 11 is 0.568. The number of hydrogen-bond acceptors (Lipinski definition) is 6. The second-order valence-corrected chi connectivity index (χ2v) is 13.1. The number of amides is 1. The number of sulfone groups is 1. The average molecular weight is 644 g/mol. The number of rotatable bonds is 6. The lowest BCUT2D eigenvalue weighted by molar-refractivity contribution is -0.348. The van der Waals surface area contributed by atoms with Crippen molar-refractivity contribution in [2.24, 2.45) is 16.8 Å². The van der Waals surface area contributed by atoms with Gasteiger partial charge in [0.1, 0.15) is 15.5 Å². The maximum Gasteiger partial charge on any atom is 0.435 e. The fourth-order valence-corrected chi connectivity index (χ4v) is 8.93. The molecule has 0 aromatic heterocycles. The van der Waals surface area contributed by atoms with Crippen LogP contribution in [0.25, 0.3) is 0 Å². The van der Waals surface area contributed by atoms with Gasteiger partial charge in [0.25, 0.3) is 5.91 Å². The van der Waals surface area contributed by atoms with E-state index in [1.54, 1.807) is 0 Å². The van der Waals surface area contributed by atoms with Crippen LogP contribution in [0.5, 0.6) is 0 Å². The van der Waals surface area contributed by atoms with Crippen LogP contribution in [0.15, 0.2) is 58.0 Å². The van der Waals surface area contributed by atoms with Gasteiger partial charge < -0.3 is 11.1 Å². The SMILES string of the molecule is C/C(N)=C(/SN)C(=O)N[C@@H]1CC[C@@]2(S(=O)(=O)c3ccc(F)cc3)c3ccc(C(F)(C(F)(F)F)C(F)(F)F)cc3CC[C@@H]12. The van der Waals surface area contributed by atoms with Crippen LogP contribution in [0.4, 0.5) is 35.1 Å². The maximum absolute atomic E-state index is 14.9. The van der Waals surface area contributed by atoms with Crippen LogP contribution in [0, 0.1) is 11.7 Å². The standard InChI is InChI=1S/C26H25F8N3O3S2/c1-13(35)21(41-36)22(38)37-20-10-11-23(42(39,40)17-6-4-16(27)5-7-17)18-9-3-15(12-14(18)2-8-19(20)23)24(28,25(29,30)31)26(32,33)34/h3-7,9,12,19-20H,2,8,10-11,35-36H2,1H3,(H,37,38)/b21-13-/t19-,20+,23+/m0/s1. The van der Waals surface area contributed by atoms with Gasteiger partial charge in [-0.25, -0.2) is 17.2 Å². The topological polar surface area (TPSA) is 115 Å². The van der Waals surface area contributed by atoms with Crippen molar-refractivity contribution in [3.8, 4) is 0 Å². The number of nitrogens with one attached hydrogen (secondary N) is 1. The Bertz CT molecular complexity index is 1510. The molecule has 2 aromatic rings. The molecule has 5 N–H and O–H groups in total. The fraction of sp³-hybridized carbons (Fsp3) is 0.423. The first-order valence-corrected chi connectivity index (χ1v) is 14.8. The van der Waals surface area contributed by atoms with Crippen LogP contribution in [0.3, 0.4) is 0 Å². The van der Waals surface area contributed by atoms with Gasteiger partial charge in [0, 0.05) is 23.2 Å². The lowest BCUT2D eigenvalue weighted by atomic mass is 9.74. The molecule has 3 atom stereocenters. The van der Waals surface area contributed by atoms with Gasteiger partial charge in [-0.1, -0.05) is 18.2 Å². The number of halogens is 8. The summed E-state index contributed by atoms with van der Waals surface area (Å²) in [6, 6.07) is 4.42. The van der Waals surface area contributed by atoms with E-state index in [2.05, 4.69) is 5.32 Å². The van der Waals surface area contributed by atoms with Crippen molar-refractivity contribution in [3.63, 3.8) is 0 Å². The zero-order valence-corrected chi connectivity index (χ0v) is 23.4. The summed E-state index contributed by atoms with van der Waals surface area (Å²) in [6.07, 6.45) is -13.2. The van der Waals surface area contributed by atoms with Crippen molar-refractivity contribution in [1.82, 2.24) is 5.32 Å². The molecule has 1 amide bonds. The van der Waals surface area contributed by atoms with E-state index < -0.39 is 61.9 Å². The molecule has 4 rings (SSSR count). The lowest BCUT2D eigenvalue weighted by Crippen LogP contribution is -2.51. The summed E-state index contributed by atoms with van der Waals surface area (Å²) in [7, 11) is -4.53. The highest BCUT2D eigenvalue weighted by atomic mass is 32.2. The summed E-state index contributed by atoms with van der Waals surface area (Å²) in [5.74, 6) is -2.36. The van der Waals surface area contributed by atoms with Gasteiger partial charge >= 0.3 is 18.0 Å². The van der Waals surface area contributed by atoms with E-state index in [-0.39, 0.29) is 52.3 Å². The molecular formula is C26H25F8N3O3S2. The highest BCUT2D eigenvalue weighted by Gasteiger charge is 2.73. The minimum Gasteiger partial charge on any atom is -0.401 e. The van der Waals surface area contributed by atoms with Crippen LogP contribution in [-0.2, 0) is 31.5 Å². The summed E-state index contributed by atoms with van der Waals surface area (Å²) in [5, 5.41) is 8.25. The molecule has 0 spiro atoms. The molecule has 0 unspecified atom stereocenters. The Hall–Kier alpha value is -2.85. The van der Waals surface area contributed by atoms with Crippen molar-refractivity contribution in [2.45, 2.75) is 66.3 Å². The molecule has 0 saturated heterocycles. The Morgan fingerprint density at radius 3 is 2.12 bits per heavy atom. The Balaban J connectivity index is 1.91. The molecule has 2 aromatic carbocycles.